The molecule has 0 saturated heterocycles. The van der Waals surface area contributed by atoms with E-state index >= 15 is 0 Å². The van der Waals surface area contributed by atoms with Crippen LogP contribution in [0, 0.1) is 0 Å². The Morgan fingerprint density at radius 2 is 1.65 bits per heavy atom. The molecule has 5 nitrogen and oxygen atoms in total. The molecule has 0 bridgehead atoms. The van der Waals surface area contributed by atoms with Gasteiger partial charge in [0.15, 0.2) is 9.84 Å². The van der Waals surface area contributed by atoms with Gasteiger partial charge in [-0.25, -0.2) is 8.42 Å². The number of ether oxygens (including phenoxy) is 3. The first kappa shape index (κ1) is 17.3. The zero-order chi connectivity index (χ0) is 16.9. The highest BCUT2D eigenvalue weighted by atomic mass is 32.2. The van der Waals surface area contributed by atoms with Crippen LogP contribution in [0.15, 0.2) is 53.4 Å². The lowest BCUT2D eigenvalue weighted by atomic mass is 10.3. The van der Waals surface area contributed by atoms with Crippen LogP contribution < -0.4 is 9.47 Å². The maximum Gasteiger partial charge on any atom is 0.175 e. The maximum absolute atomic E-state index is 11.4. The van der Waals surface area contributed by atoms with Crippen LogP contribution in [-0.2, 0) is 14.6 Å². The molecule has 0 aliphatic carbocycles. The lowest BCUT2D eigenvalue weighted by Gasteiger charge is -2.14. The Hall–Kier alpha value is -2.05. The van der Waals surface area contributed by atoms with Gasteiger partial charge in [0, 0.05) is 19.4 Å². The smallest absolute Gasteiger partial charge is 0.175 e. The number of sulfone groups is 1. The maximum atomic E-state index is 11.4. The van der Waals surface area contributed by atoms with Crippen molar-refractivity contribution in [2.24, 2.45) is 0 Å². The summed E-state index contributed by atoms with van der Waals surface area (Å²) in [6.45, 7) is 2.42. The van der Waals surface area contributed by atoms with E-state index in [1.54, 1.807) is 31.4 Å². The van der Waals surface area contributed by atoms with Gasteiger partial charge >= 0.3 is 0 Å². The second kappa shape index (κ2) is 7.48. The summed E-state index contributed by atoms with van der Waals surface area (Å²) in [5, 5.41) is 0. The summed E-state index contributed by atoms with van der Waals surface area (Å²) >= 11 is 0. The first-order chi connectivity index (χ1) is 10.9. The van der Waals surface area contributed by atoms with Crippen LogP contribution in [0.2, 0.25) is 0 Å². The molecule has 0 aliphatic heterocycles. The molecule has 0 heterocycles. The molecule has 2 rings (SSSR count). The lowest BCUT2D eigenvalue weighted by Crippen LogP contribution is -2.17. The van der Waals surface area contributed by atoms with Crippen molar-refractivity contribution in [1.82, 2.24) is 0 Å². The van der Waals surface area contributed by atoms with Gasteiger partial charge in [-0.15, -0.1) is 0 Å². The van der Waals surface area contributed by atoms with Crippen molar-refractivity contribution in [3.63, 3.8) is 0 Å². The Kier molecular flexibility index (Phi) is 5.63. The molecule has 0 amide bonds. The summed E-state index contributed by atoms with van der Waals surface area (Å²) < 4.78 is 39.3. The van der Waals surface area contributed by atoms with Crippen LogP contribution in [0.5, 0.6) is 17.2 Å². The molecule has 2 aromatic rings. The van der Waals surface area contributed by atoms with E-state index < -0.39 is 9.84 Å². The van der Waals surface area contributed by atoms with E-state index in [0.717, 1.165) is 0 Å². The molecule has 0 fully saturated rings. The van der Waals surface area contributed by atoms with E-state index in [1.165, 1.54) is 18.4 Å². The predicted octanol–water partition coefficient (Wildman–Crippen LogP) is 3.30. The highest BCUT2D eigenvalue weighted by Gasteiger charge is 2.08. The van der Waals surface area contributed by atoms with E-state index in [1.807, 2.05) is 19.1 Å². The molecule has 0 aromatic heterocycles. The van der Waals surface area contributed by atoms with Gasteiger partial charge < -0.3 is 14.2 Å². The molecular weight excluding hydrogens is 316 g/mol. The largest absolute Gasteiger partial charge is 0.488 e. The lowest BCUT2D eigenvalue weighted by molar-refractivity contribution is 0.0919. The average molecular weight is 336 g/mol. The third kappa shape index (κ3) is 5.26. The molecule has 23 heavy (non-hydrogen) atoms. The molecule has 1 atom stereocenters. The average Bonchev–Trinajstić information content (AvgIpc) is 2.47. The van der Waals surface area contributed by atoms with Gasteiger partial charge in [0.2, 0.25) is 0 Å². The first-order valence-corrected chi connectivity index (χ1v) is 9.01. The van der Waals surface area contributed by atoms with Crippen molar-refractivity contribution >= 4 is 9.84 Å². The van der Waals surface area contributed by atoms with E-state index in [2.05, 4.69) is 0 Å². The van der Waals surface area contributed by atoms with Crippen LogP contribution in [0.1, 0.15) is 6.92 Å². The van der Waals surface area contributed by atoms with Crippen LogP contribution in [0.3, 0.4) is 0 Å². The highest BCUT2D eigenvalue weighted by molar-refractivity contribution is 7.90. The van der Waals surface area contributed by atoms with Gasteiger partial charge in [0.05, 0.1) is 11.5 Å². The Labute approximate surface area is 136 Å². The number of hydrogen-bond acceptors (Lipinski definition) is 5. The zero-order valence-corrected chi connectivity index (χ0v) is 14.2. The summed E-state index contributed by atoms with van der Waals surface area (Å²) in [5.74, 6) is 1.85. The number of benzene rings is 2. The SMILES string of the molecule is COC[C@H](C)Oc1cccc(Oc2ccc(S(C)(=O)=O)cc2)c1. The molecule has 124 valence electrons. The molecule has 0 spiro atoms. The van der Waals surface area contributed by atoms with Crippen LogP contribution in [0.4, 0.5) is 0 Å². The minimum absolute atomic E-state index is 0.0655. The monoisotopic (exact) mass is 336 g/mol. The Bertz CT molecular complexity index is 738. The second-order valence-corrected chi connectivity index (χ2v) is 7.22. The Balaban J connectivity index is 2.08. The number of rotatable bonds is 7. The molecule has 0 aliphatic rings. The van der Waals surface area contributed by atoms with Crippen molar-refractivity contribution in [3.8, 4) is 17.2 Å². The van der Waals surface area contributed by atoms with Gasteiger partial charge in [0.1, 0.15) is 23.4 Å². The Morgan fingerprint density at radius 1 is 1.00 bits per heavy atom. The van der Waals surface area contributed by atoms with Gasteiger partial charge in [-0.1, -0.05) is 6.07 Å². The van der Waals surface area contributed by atoms with E-state index in [9.17, 15) is 8.42 Å². The summed E-state index contributed by atoms with van der Waals surface area (Å²) in [5.41, 5.74) is 0. The van der Waals surface area contributed by atoms with Gasteiger partial charge in [-0.3, -0.25) is 0 Å². The third-order valence-corrected chi connectivity index (χ3v) is 4.16. The first-order valence-electron chi connectivity index (χ1n) is 7.12. The molecule has 0 radical (unpaired) electrons. The number of methoxy groups -OCH3 is 1. The minimum atomic E-state index is -3.21. The fraction of sp³-hybridized carbons (Fsp3) is 0.294. The van der Waals surface area contributed by atoms with E-state index in [0.29, 0.717) is 23.9 Å². The Morgan fingerprint density at radius 3 is 2.26 bits per heavy atom. The van der Waals surface area contributed by atoms with E-state index in [4.69, 9.17) is 14.2 Å². The van der Waals surface area contributed by atoms with Gasteiger partial charge in [-0.2, -0.15) is 0 Å². The predicted molar refractivity (Wildman–Crippen MR) is 88.0 cm³/mol. The summed E-state index contributed by atoms with van der Waals surface area (Å²) in [6.07, 6.45) is 1.11. The molecule has 0 unspecified atom stereocenters. The summed E-state index contributed by atoms with van der Waals surface area (Å²) in [4.78, 5) is 0.260. The van der Waals surface area contributed by atoms with Crippen LogP contribution >= 0.6 is 0 Å². The zero-order valence-electron chi connectivity index (χ0n) is 13.4. The van der Waals surface area contributed by atoms with Crippen LogP contribution in [0.25, 0.3) is 0 Å². The molecule has 0 saturated carbocycles. The van der Waals surface area contributed by atoms with Crippen LogP contribution in [-0.4, -0.2) is 34.5 Å². The number of hydrogen-bond donors (Lipinski definition) is 0. The fourth-order valence-corrected chi connectivity index (χ4v) is 2.63. The summed E-state index contributed by atoms with van der Waals surface area (Å²) in [6, 6.07) is 13.5. The minimum Gasteiger partial charge on any atom is -0.488 e. The second-order valence-electron chi connectivity index (χ2n) is 5.20. The fourth-order valence-electron chi connectivity index (χ4n) is 2.00. The normalized spacial score (nSPS) is 12.7. The topological polar surface area (TPSA) is 61.8 Å². The van der Waals surface area contributed by atoms with Gasteiger partial charge in [0.25, 0.3) is 0 Å². The third-order valence-electron chi connectivity index (χ3n) is 3.03. The van der Waals surface area contributed by atoms with E-state index in [-0.39, 0.29) is 11.0 Å². The standard InChI is InChI=1S/C17H20O5S/c1-13(12-20-2)21-15-5-4-6-16(11-15)22-14-7-9-17(10-8-14)23(3,18)19/h4-11,13H,12H2,1-3H3/t13-/m0/s1. The summed E-state index contributed by atoms with van der Waals surface area (Å²) in [7, 11) is -1.58. The quantitative estimate of drug-likeness (QED) is 0.776. The molecule has 6 heteroatoms. The van der Waals surface area contributed by atoms with Crippen molar-refractivity contribution in [1.29, 1.82) is 0 Å². The van der Waals surface area contributed by atoms with Gasteiger partial charge in [-0.05, 0) is 43.3 Å². The molecule has 2 aromatic carbocycles. The van der Waals surface area contributed by atoms with Crippen molar-refractivity contribution in [2.75, 3.05) is 20.0 Å². The van der Waals surface area contributed by atoms with Crippen molar-refractivity contribution in [2.45, 2.75) is 17.9 Å². The van der Waals surface area contributed by atoms with Crippen molar-refractivity contribution < 1.29 is 22.6 Å². The van der Waals surface area contributed by atoms with Crippen molar-refractivity contribution in [3.05, 3.63) is 48.5 Å². The molecule has 0 N–H and O–H groups in total. The molecular formula is C17H20O5S. The highest BCUT2D eigenvalue weighted by Crippen LogP contribution is 2.26.